The van der Waals surface area contributed by atoms with Gasteiger partial charge in [-0.15, -0.1) is 0 Å². The fraction of sp³-hybridized carbons (Fsp3) is 0.263. The molecule has 2 amide bonds. The summed E-state index contributed by atoms with van der Waals surface area (Å²) in [5.74, 6) is -0.568. The lowest BCUT2D eigenvalue weighted by Crippen LogP contribution is -2.43. The molecule has 0 saturated heterocycles. The second-order valence-corrected chi connectivity index (χ2v) is 6.64. The van der Waals surface area contributed by atoms with Crippen LogP contribution in [0.25, 0.3) is 0 Å². The van der Waals surface area contributed by atoms with Crippen molar-refractivity contribution in [3.8, 4) is 0 Å². The van der Waals surface area contributed by atoms with Gasteiger partial charge in [-0.25, -0.2) is 0 Å². The highest BCUT2D eigenvalue weighted by atomic mass is 35.5. The molecule has 0 aliphatic heterocycles. The third-order valence-electron chi connectivity index (χ3n) is 4.38. The van der Waals surface area contributed by atoms with Gasteiger partial charge in [-0.3, -0.25) is 9.59 Å². The molecule has 1 fully saturated rings. The highest BCUT2D eigenvalue weighted by Crippen LogP contribution is 2.49. The van der Waals surface area contributed by atoms with Crippen LogP contribution in [0.1, 0.15) is 24.0 Å². The first-order valence-electron chi connectivity index (χ1n) is 7.89. The van der Waals surface area contributed by atoms with Gasteiger partial charge in [0, 0.05) is 11.6 Å². The van der Waals surface area contributed by atoms with Crippen LogP contribution in [0.5, 0.6) is 0 Å². The molecular formula is C19H19ClN2O2. The van der Waals surface area contributed by atoms with E-state index in [0.717, 1.165) is 24.0 Å². The average Bonchev–Trinajstić information content (AvgIpc) is 3.36. The second kappa shape index (κ2) is 6.65. The third-order valence-corrected chi connectivity index (χ3v) is 4.62. The SMILES string of the molecule is NC(=O)CN(Cc1cccc(Cl)c1)C(=O)C1(c2ccccc2)CC1. The van der Waals surface area contributed by atoms with Crippen LogP contribution in [0.2, 0.25) is 5.02 Å². The first kappa shape index (κ1) is 16.5. The Labute approximate surface area is 146 Å². The minimum Gasteiger partial charge on any atom is -0.368 e. The fourth-order valence-corrected chi connectivity index (χ4v) is 3.27. The molecule has 5 heteroatoms. The minimum absolute atomic E-state index is 0.0486. The van der Waals surface area contributed by atoms with Gasteiger partial charge in [0.15, 0.2) is 0 Å². The predicted molar refractivity (Wildman–Crippen MR) is 93.4 cm³/mol. The number of hydrogen-bond donors (Lipinski definition) is 1. The summed E-state index contributed by atoms with van der Waals surface area (Å²) in [6.07, 6.45) is 1.58. The molecule has 124 valence electrons. The van der Waals surface area contributed by atoms with E-state index in [9.17, 15) is 9.59 Å². The lowest BCUT2D eigenvalue weighted by atomic mass is 9.94. The standard InChI is InChI=1S/C19H19ClN2O2/c20-16-8-4-5-14(11-16)12-22(13-17(21)23)18(24)19(9-10-19)15-6-2-1-3-7-15/h1-8,11H,9-10,12-13H2,(H2,21,23). The zero-order chi connectivity index (χ0) is 17.2. The van der Waals surface area contributed by atoms with Crippen molar-refractivity contribution < 1.29 is 9.59 Å². The summed E-state index contributed by atoms with van der Waals surface area (Å²) < 4.78 is 0. The van der Waals surface area contributed by atoms with Crippen molar-refractivity contribution in [1.82, 2.24) is 4.90 Å². The van der Waals surface area contributed by atoms with Gasteiger partial charge in [0.1, 0.15) is 0 Å². The second-order valence-electron chi connectivity index (χ2n) is 6.21. The number of rotatable bonds is 6. The number of nitrogens with two attached hydrogens (primary N) is 1. The Morgan fingerprint density at radius 1 is 1.08 bits per heavy atom. The Morgan fingerprint density at radius 2 is 1.79 bits per heavy atom. The largest absolute Gasteiger partial charge is 0.368 e. The molecule has 2 aromatic carbocycles. The number of hydrogen-bond acceptors (Lipinski definition) is 2. The van der Waals surface area contributed by atoms with Crippen molar-refractivity contribution in [3.05, 3.63) is 70.7 Å². The highest BCUT2D eigenvalue weighted by molar-refractivity contribution is 6.30. The van der Waals surface area contributed by atoms with E-state index in [4.69, 9.17) is 17.3 Å². The van der Waals surface area contributed by atoms with E-state index >= 15 is 0 Å². The Balaban J connectivity index is 1.86. The Hall–Kier alpha value is -2.33. The molecule has 3 rings (SSSR count). The Morgan fingerprint density at radius 3 is 2.38 bits per heavy atom. The van der Waals surface area contributed by atoms with Gasteiger partial charge in [0.05, 0.1) is 12.0 Å². The van der Waals surface area contributed by atoms with Crippen LogP contribution in [0.15, 0.2) is 54.6 Å². The first-order valence-corrected chi connectivity index (χ1v) is 8.27. The molecule has 0 atom stereocenters. The van der Waals surface area contributed by atoms with Gasteiger partial charge in [0.25, 0.3) is 0 Å². The van der Waals surface area contributed by atoms with Crippen LogP contribution >= 0.6 is 11.6 Å². The smallest absolute Gasteiger partial charge is 0.237 e. The molecule has 24 heavy (non-hydrogen) atoms. The summed E-state index contributed by atoms with van der Waals surface area (Å²) >= 11 is 6.02. The van der Waals surface area contributed by atoms with E-state index in [-0.39, 0.29) is 12.5 Å². The number of amides is 2. The number of nitrogens with zero attached hydrogens (tertiary/aromatic N) is 1. The summed E-state index contributed by atoms with van der Waals surface area (Å²) in [6, 6.07) is 17.0. The zero-order valence-corrected chi connectivity index (χ0v) is 14.0. The fourth-order valence-electron chi connectivity index (χ4n) is 3.05. The lowest BCUT2D eigenvalue weighted by molar-refractivity contribution is -0.138. The molecule has 1 aliphatic rings. The summed E-state index contributed by atoms with van der Waals surface area (Å²) in [4.78, 5) is 26.1. The molecule has 0 spiro atoms. The maximum Gasteiger partial charge on any atom is 0.237 e. The lowest BCUT2D eigenvalue weighted by Gasteiger charge is -2.27. The normalized spacial score (nSPS) is 14.9. The summed E-state index contributed by atoms with van der Waals surface area (Å²) in [6.45, 7) is 0.219. The quantitative estimate of drug-likeness (QED) is 0.877. The van der Waals surface area contributed by atoms with Crippen molar-refractivity contribution >= 4 is 23.4 Å². The van der Waals surface area contributed by atoms with Gasteiger partial charge in [0.2, 0.25) is 11.8 Å². The van der Waals surface area contributed by atoms with E-state index in [1.165, 1.54) is 4.90 Å². The summed E-state index contributed by atoms with van der Waals surface area (Å²) in [7, 11) is 0. The number of primary amides is 1. The van der Waals surface area contributed by atoms with Crippen molar-refractivity contribution in [2.75, 3.05) is 6.54 Å². The van der Waals surface area contributed by atoms with Gasteiger partial charge in [-0.05, 0) is 36.1 Å². The minimum atomic E-state index is -0.519. The van der Waals surface area contributed by atoms with Crippen molar-refractivity contribution in [2.24, 2.45) is 5.73 Å². The van der Waals surface area contributed by atoms with Crippen molar-refractivity contribution in [3.63, 3.8) is 0 Å². The van der Waals surface area contributed by atoms with Gasteiger partial charge in [-0.1, -0.05) is 54.1 Å². The molecule has 0 unspecified atom stereocenters. The van der Waals surface area contributed by atoms with Gasteiger partial charge in [-0.2, -0.15) is 0 Å². The monoisotopic (exact) mass is 342 g/mol. The van der Waals surface area contributed by atoms with E-state index in [1.54, 1.807) is 12.1 Å². The summed E-state index contributed by atoms with van der Waals surface area (Å²) in [5, 5.41) is 0.600. The molecule has 2 aromatic rings. The third kappa shape index (κ3) is 3.44. The van der Waals surface area contributed by atoms with Crippen molar-refractivity contribution in [1.29, 1.82) is 0 Å². The first-order chi connectivity index (χ1) is 11.5. The van der Waals surface area contributed by atoms with Gasteiger partial charge < -0.3 is 10.6 Å². The number of carbonyl (C=O) groups is 2. The molecular weight excluding hydrogens is 324 g/mol. The number of benzene rings is 2. The van der Waals surface area contributed by atoms with E-state index in [0.29, 0.717) is 11.6 Å². The van der Waals surface area contributed by atoms with Crippen LogP contribution in [0, 0.1) is 0 Å². The van der Waals surface area contributed by atoms with Crippen LogP contribution in [0.4, 0.5) is 0 Å². The molecule has 0 aromatic heterocycles. The van der Waals surface area contributed by atoms with Crippen LogP contribution < -0.4 is 5.73 Å². The molecule has 2 N–H and O–H groups in total. The molecule has 1 aliphatic carbocycles. The Kier molecular flexibility index (Phi) is 4.58. The maximum absolute atomic E-state index is 13.1. The van der Waals surface area contributed by atoms with Gasteiger partial charge >= 0.3 is 0 Å². The molecule has 0 bridgehead atoms. The average molecular weight is 343 g/mol. The van der Waals surface area contributed by atoms with E-state index in [1.807, 2.05) is 42.5 Å². The highest BCUT2D eigenvalue weighted by Gasteiger charge is 2.53. The van der Waals surface area contributed by atoms with E-state index < -0.39 is 11.3 Å². The molecule has 0 heterocycles. The molecule has 1 saturated carbocycles. The zero-order valence-electron chi connectivity index (χ0n) is 13.2. The number of halogens is 1. The topological polar surface area (TPSA) is 63.4 Å². The maximum atomic E-state index is 13.1. The van der Waals surface area contributed by atoms with E-state index in [2.05, 4.69) is 0 Å². The van der Waals surface area contributed by atoms with Crippen molar-refractivity contribution in [2.45, 2.75) is 24.8 Å². The number of carbonyl (C=O) groups excluding carboxylic acids is 2. The molecule has 4 nitrogen and oxygen atoms in total. The van der Waals surface area contributed by atoms with Crippen LogP contribution in [-0.4, -0.2) is 23.3 Å². The molecule has 0 radical (unpaired) electrons. The van der Waals surface area contributed by atoms with Crippen LogP contribution in [0.3, 0.4) is 0 Å². The van der Waals surface area contributed by atoms with Crippen LogP contribution in [-0.2, 0) is 21.5 Å². The Bertz CT molecular complexity index is 757. The predicted octanol–water partition coefficient (Wildman–Crippen LogP) is 2.89. The summed E-state index contributed by atoms with van der Waals surface area (Å²) in [5.41, 5.74) is 6.71.